The quantitative estimate of drug-likeness (QED) is 0.770. The van der Waals surface area contributed by atoms with Crippen molar-refractivity contribution in [3.63, 3.8) is 0 Å². The van der Waals surface area contributed by atoms with Crippen LogP contribution in [0.5, 0.6) is 0 Å². The van der Waals surface area contributed by atoms with E-state index >= 15 is 0 Å². The van der Waals surface area contributed by atoms with Crippen molar-refractivity contribution < 1.29 is 4.74 Å². The van der Waals surface area contributed by atoms with E-state index in [9.17, 15) is 4.79 Å². The lowest BCUT2D eigenvalue weighted by Gasteiger charge is -2.15. The number of hydrogen-bond acceptors (Lipinski definition) is 3. The van der Waals surface area contributed by atoms with Crippen LogP contribution in [0.4, 0.5) is 0 Å². The second-order valence-corrected chi connectivity index (χ2v) is 5.68. The highest BCUT2D eigenvalue weighted by Gasteiger charge is 2.11. The van der Waals surface area contributed by atoms with Crippen molar-refractivity contribution >= 4 is 0 Å². The highest BCUT2D eigenvalue weighted by molar-refractivity contribution is 5.61. The molecular formula is C19H22N2O2. The molecule has 0 atom stereocenters. The number of aryl methyl sites for hydroxylation is 2. The Hall–Kier alpha value is -2.38. The van der Waals surface area contributed by atoms with E-state index in [0.717, 1.165) is 17.7 Å². The Balaban J connectivity index is 2.52. The van der Waals surface area contributed by atoms with Gasteiger partial charge in [0.1, 0.15) is 0 Å². The largest absolute Gasteiger partial charge is 0.385 e. The molecule has 0 aliphatic rings. The van der Waals surface area contributed by atoms with E-state index in [0.29, 0.717) is 18.7 Å². The molecule has 0 amide bonds. The third kappa shape index (κ3) is 3.88. The summed E-state index contributed by atoms with van der Waals surface area (Å²) in [6, 6.07) is 12.0. The van der Waals surface area contributed by atoms with E-state index in [1.165, 1.54) is 11.1 Å². The molecule has 120 valence electrons. The summed E-state index contributed by atoms with van der Waals surface area (Å²) in [5.74, 6) is 0. The van der Waals surface area contributed by atoms with Gasteiger partial charge in [0.25, 0.3) is 5.56 Å². The van der Waals surface area contributed by atoms with Gasteiger partial charge in [-0.1, -0.05) is 18.2 Å². The van der Waals surface area contributed by atoms with Crippen molar-refractivity contribution in [3.8, 4) is 17.3 Å². The number of benzene rings is 1. The Bertz CT molecular complexity index is 785. The van der Waals surface area contributed by atoms with Gasteiger partial charge in [-0.05, 0) is 49.1 Å². The van der Waals surface area contributed by atoms with E-state index in [2.05, 4.69) is 32.0 Å². The summed E-state index contributed by atoms with van der Waals surface area (Å²) in [5.41, 5.74) is 4.78. The number of ether oxygens (including phenoxy) is 1. The number of aromatic nitrogens is 1. The predicted octanol–water partition coefficient (Wildman–Crippen LogP) is 3.23. The van der Waals surface area contributed by atoms with Crippen molar-refractivity contribution in [2.75, 3.05) is 13.7 Å². The van der Waals surface area contributed by atoms with Crippen LogP contribution in [0.3, 0.4) is 0 Å². The molecule has 1 aromatic carbocycles. The molecule has 0 bridgehead atoms. The van der Waals surface area contributed by atoms with E-state index in [1.807, 2.05) is 12.1 Å². The van der Waals surface area contributed by atoms with Crippen LogP contribution in [0.15, 0.2) is 35.1 Å². The minimum absolute atomic E-state index is 0.0848. The number of methoxy groups -OCH3 is 1. The molecule has 0 aliphatic carbocycles. The minimum Gasteiger partial charge on any atom is -0.385 e. The maximum atomic E-state index is 12.7. The summed E-state index contributed by atoms with van der Waals surface area (Å²) in [6.07, 6.45) is 0.889. The number of nitriles is 1. The van der Waals surface area contributed by atoms with Crippen LogP contribution in [0.1, 0.15) is 23.1 Å². The van der Waals surface area contributed by atoms with Crippen molar-refractivity contribution in [2.24, 2.45) is 0 Å². The average Bonchev–Trinajstić information content (AvgIpc) is 2.54. The third-order valence-corrected chi connectivity index (χ3v) is 4.06. The second kappa shape index (κ2) is 7.75. The zero-order chi connectivity index (χ0) is 16.8. The van der Waals surface area contributed by atoms with Crippen LogP contribution >= 0.6 is 0 Å². The summed E-state index contributed by atoms with van der Waals surface area (Å²) >= 11 is 0. The Morgan fingerprint density at radius 2 is 1.96 bits per heavy atom. The van der Waals surface area contributed by atoms with E-state index in [4.69, 9.17) is 10.00 Å². The van der Waals surface area contributed by atoms with E-state index < -0.39 is 0 Å². The maximum Gasteiger partial charge on any atom is 0.255 e. The molecule has 0 spiro atoms. The lowest BCUT2D eigenvalue weighted by atomic mass is 10.0. The molecule has 0 N–H and O–H groups in total. The van der Waals surface area contributed by atoms with Crippen LogP contribution in [0.2, 0.25) is 0 Å². The lowest BCUT2D eigenvalue weighted by Crippen LogP contribution is -2.25. The first-order chi connectivity index (χ1) is 11.1. The Kier molecular flexibility index (Phi) is 5.72. The fraction of sp³-hybridized carbons (Fsp3) is 0.368. The Morgan fingerprint density at radius 3 is 2.61 bits per heavy atom. The van der Waals surface area contributed by atoms with E-state index in [-0.39, 0.29) is 12.0 Å². The molecule has 1 aromatic heterocycles. The molecule has 2 rings (SSSR count). The highest BCUT2D eigenvalue weighted by Crippen LogP contribution is 2.22. The van der Waals surface area contributed by atoms with Gasteiger partial charge in [0.05, 0.1) is 18.2 Å². The molecule has 4 nitrogen and oxygen atoms in total. The monoisotopic (exact) mass is 310 g/mol. The summed E-state index contributed by atoms with van der Waals surface area (Å²) in [4.78, 5) is 12.7. The third-order valence-electron chi connectivity index (χ3n) is 4.06. The average molecular weight is 310 g/mol. The van der Waals surface area contributed by atoms with Crippen molar-refractivity contribution in [2.45, 2.75) is 33.2 Å². The topological polar surface area (TPSA) is 55.0 Å². The summed E-state index contributed by atoms with van der Waals surface area (Å²) in [7, 11) is 1.65. The molecule has 0 radical (unpaired) electrons. The van der Waals surface area contributed by atoms with E-state index in [1.54, 1.807) is 17.7 Å². The summed E-state index contributed by atoms with van der Waals surface area (Å²) in [6.45, 7) is 5.31. The zero-order valence-corrected chi connectivity index (χ0v) is 13.9. The standard InChI is InChI=1S/C19H22N2O2/c1-14-5-6-17(13-15(14)2)18-8-7-16(9-10-20)19(22)21(18)11-4-12-23-3/h5-8,13H,4,9,11-12H2,1-3H3. The van der Waals surface area contributed by atoms with Crippen LogP contribution in [0, 0.1) is 25.2 Å². The van der Waals surface area contributed by atoms with Gasteiger partial charge >= 0.3 is 0 Å². The molecule has 4 heteroatoms. The smallest absolute Gasteiger partial charge is 0.255 e. The Morgan fingerprint density at radius 1 is 1.17 bits per heavy atom. The minimum atomic E-state index is -0.0848. The number of pyridine rings is 1. The van der Waals surface area contributed by atoms with Crippen molar-refractivity contribution in [3.05, 3.63) is 57.4 Å². The lowest BCUT2D eigenvalue weighted by molar-refractivity contribution is 0.190. The number of hydrogen-bond donors (Lipinski definition) is 0. The van der Waals surface area contributed by atoms with Crippen LogP contribution < -0.4 is 5.56 Å². The molecule has 0 saturated carbocycles. The molecule has 2 aromatic rings. The maximum absolute atomic E-state index is 12.7. The zero-order valence-electron chi connectivity index (χ0n) is 13.9. The molecule has 23 heavy (non-hydrogen) atoms. The first-order valence-electron chi connectivity index (χ1n) is 7.74. The number of nitrogens with zero attached hydrogens (tertiary/aromatic N) is 2. The first kappa shape index (κ1) is 17.0. The van der Waals surface area contributed by atoms with Gasteiger partial charge in [-0.2, -0.15) is 5.26 Å². The van der Waals surface area contributed by atoms with Gasteiger partial charge in [0.15, 0.2) is 0 Å². The van der Waals surface area contributed by atoms with Gasteiger partial charge in [0.2, 0.25) is 0 Å². The van der Waals surface area contributed by atoms with Gasteiger partial charge in [0, 0.05) is 25.8 Å². The van der Waals surface area contributed by atoms with Crippen LogP contribution in [-0.4, -0.2) is 18.3 Å². The fourth-order valence-corrected chi connectivity index (χ4v) is 2.59. The van der Waals surface area contributed by atoms with Gasteiger partial charge in [-0.15, -0.1) is 0 Å². The molecule has 0 fully saturated rings. The Labute approximate surface area is 137 Å². The SMILES string of the molecule is COCCCn1c(-c2ccc(C)c(C)c2)ccc(CC#N)c1=O. The van der Waals surface area contributed by atoms with Crippen LogP contribution in [-0.2, 0) is 17.7 Å². The molecule has 0 unspecified atom stereocenters. The predicted molar refractivity (Wildman–Crippen MR) is 91.4 cm³/mol. The number of rotatable bonds is 6. The van der Waals surface area contributed by atoms with Gasteiger partial charge < -0.3 is 9.30 Å². The van der Waals surface area contributed by atoms with Crippen molar-refractivity contribution in [1.29, 1.82) is 5.26 Å². The van der Waals surface area contributed by atoms with Crippen molar-refractivity contribution in [1.82, 2.24) is 4.57 Å². The fourth-order valence-electron chi connectivity index (χ4n) is 2.59. The molecule has 1 heterocycles. The van der Waals surface area contributed by atoms with Crippen LogP contribution in [0.25, 0.3) is 11.3 Å². The molecular weight excluding hydrogens is 288 g/mol. The summed E-state index contributed by atoms with van der Waals surface area (Å²) < 4.78 is 6.85. The normalized spacial score (nSPS) is 10.5. The first-order valence-corrected chi connectivity index (χ1v) is 7.74. The highest BCUT2D eigenvalue weighted by atomic mass is 16.5. The second-order valence-electron chi connectivity index (χ2n) is 5.68. The summed E-state index contributed by atoms with van der Waals surface area (Å²) in [5, 5.41) is 8.88. The molecule has 0 aliphatic heterocycles. The molecule has 0 saturated heterocycles. The van der Waals surface area contributed by atoms with Gasteiger partial charge in [-0.3, -0.25) is 4.79 Å². The van der Waals surface area contributed by atoms with Gasteiger partial charge in [-0.25, -0.2) is 0 Å².